The van der Waals surface area contributed by atoms with Gasteiger partial charge in [0.15, 0.2) is 0 Å². The van der Waals surface area contributed by atoms with Gasteiger partial charge >= 0.3 is 6.36 Å². The lowest BCUT2D eigenvalue weighted by Gasteiger charge is -2.27. The van der Waals surface area contributed by atoms with Crippen molar-refractivity contribution >= 4 is 0 Å². The van der Waals surface area contributed by atoms with E-state index in [0.29, 0.717) is 5.92 Å². The minimum Gasteiger partial charge on any atom is -0.406 e. The van der Waals surface area contributed by atoms with Gasteiger partial charge in [0, 0.05) is 6.04 Å². The van der Waals surface area contributed by atoms with Gasteiger partial charge in [-0.3, -0.25) is 0 Å². The Morgan fingerprint density at radius 3 is 2.55 bits per heavy atom. The summed E-state index contributed by atoms with van der Waals surface area (Å²) in [6.07, 6.45) is -1.01. The number of aliphatic hydroxyl groups is 1. The van der Waals surface area contributed by atoms with Crippen LogP contribution in [0, 0.1) is 5.92 Å². The molecule has 2 N–H and O–H groups in total. The van der Waals surface area contributed by atoms with E-state index in [1.807, 2.05) is 6.92 Å². The first-order valence-corrected chi connectivity index (χ1v) is 7.60. The van der Waals surface area contributed by atoms with Crippen LogP contribution in [0.5, 0.6) is 5.75 Å². The molecule has 124 valence electrons. The predicted octanol–water partition coefficient (Wildman–Crippen LogP) is 3.79. The minimum atomic E-state index is -4.66. The topological polar surface area (TPSA) is 41.5 Å². The van der Waals surface area contributed by atoms with Crippen molar-refractivity contribution in [1.82, 2.24) is 5.32 Å². The van der Waals surface area contributed by atoms with Crippen LogP contribution in [-0.4, -0.2) is 24.1 Å². The Labute approximate surface area is 128 Å². The van der Waals surface area contributed by atoms with E-state index in [1.54, 1.807) is 12.1 Å². The first-order chi connectivity index (χ1) is 10.3. The van der Waals surface area contributed by atoms with Gasteiger partial charge in [-0.1, -0.05) is 18.6 Å². The average Bonchev–Trinajstić information content (AvgIpc) is 2.44. The van der Waals surface area contributed by atoms with E-state index >= 15 is 0 Å². The lowest BCUT2D eigenvalue weighted by molar-refractivity contribution is -0.274. The highest BCUT2D eigenvalue weighted by atomic mass is 19.4. The molecule has 3 unspecified atom stereocenters. The molecule has 0 bridgehead atoms. The molecule has 0 aliphatic heterocycles. The first kappa shape index (κ1) is 17.1. The quantitative estimate of drug-likeness (QED) is 0.868. The van der Waals surface area contributed by atoms with E-state index in [1.165, 1.54) is 12.1 Å². The zero-order valence-corrected chi connectivity index (χ0v) is 12.6. The summed E-state index contributed by atoms with van der Waals surface area (Å²) in [5.74, 6) is 0.248. The maximum absolute atomic E-state index is 12.1. The van der Waals surface area contributed by atoms with Crippen LogP contribution in [0.25, 0.3) is 0 Å². The predicted molar refractivity (Wildman–Crippen MR) is 77.5 cm³/mol. The Bertz CT molecular complexity index is 461. The van der Waals surface area contributed by atoms with Gasteiger partial charge in [-0.05, 0) is 56.3 Å². The van der Waals surface area contributed by atoms with E-state index < -0.39 is 6.36 Å². The highest BCUT2D eigenvalue weighted by Crippen LogP contribution is 2.26. The summed E-state index contributed by atoms with van der Waals surface area (Å²) in [5.41, 5.74) is 0.908. The summed E-state index contributed by atoms with van der Waals surface area (Å²) in [5, 5.41) is 13.0. The van der Waals surface area contributed by atoms with Gasteiger partial charge in [-0.25, -0.2) is 0 Å². The van der Waals surface area contributed by atoms with Gasteiger partial charge in [0.1, 0.15) is 5.75 Å². The third-order valence-corrected chi connectivity index (χ3v) is 4.08. The summed E-state index contributed by atoms with van der Waals surface area (Å²) in [7, 11) is 0. The van der Waals surface area contributed by atoms with Crippen LogP contribution in [0.1, 0.15) is 44.2 Å². The molecule has 6 heteroatoms. The molecular formula is C16H22F3NO2. The molecule has 0 radical (unpaired) electrons. The van der Waals surface area contributed by atoms with Crippen molar-refractivity contribution in [3.05, 3.63) is 29.8 Å². The largest absolute Gasteiger partial charge is 0.573 e. The molecule has 0 spiro atoms. The van der Waals surface area contributed by atoms with Gasteiger partial charge in [-0.15, -0.1) is 13.2 Å². The fourth-order valence-electron chi connectivity index (χ4n) is 2.87. The first-order valence-electron chi connectivity index (χ1n) is 7.60. The van der Waals surface area contributed by atoms with Crippen LogP contribution >= 0.6 is 0 Å². The Morgan fingerprint density at radius 2 is 1.95 bits per heavy atom. The van der Waals surface area contributed by atoms with Crippen LogP contribution in [-0.2, 0) is 0 Å². The number of ether oxygens (including phenoxy) is 1. The molecule has 3 nitrogen and oxygen atoms in total. The number of hydrogen-bond acceptors (Lipinski definition) is 3. The van der Waals surface area contributed by atoms with Gasteiger partial charge < -0.3 is 15.2 Å². The zero-order valence-electron chi connectivity index (χ0n) is 12.6. The molecule has 1 aromatic rings. The number of hydrogen-bond donors (Lipinski definition) is 2. The van der Waals surface area contributed by atoms with E-state index in [9.17, 15) is 18.3 Å². The number of benzene rings is 1. The fourth-order valence-corrected chi connectivity index (χ4v) is 2.87. The van der Waals surface area contributed by atoms with Crippen molar-refractivity contribution in [2.45, 2.75) is 51.1 Å². The smallest absolute Gasteiger partial charge is 0.406 e. The second-order valence-corrected chi connectivity index (χ2v) is 5.93. The lowest BCUT2D eigenvalue weighted by atomic mass is 9.87. The van der Waals surface area contributed by atoms with Crippen molar-refractivity contribution in [2.24, 2.45) is 5.92 Å². The molecule has 1 saturated carbocycles. The van der Waals surface area contributed by atoms with Crippen molar-refractivity contribution in [1.29, 1.82) is 0 Å². The summed E-state index contributed by atoms with van der Waals surface area (Å²) in [6, 6.07) is 5.96. The molecule has 1 aliphatic carbocycles. The number of aliphatic hydroxyl groups excluding tert-OH is 1. The highest BCUT2D eigenvalue weighted by molar-refractivity contribution is 5.29. The van der Waals surface area contributed by atoms with Crippen LogP contribution in [0.3, 0.4) is 0 Å². The molecule has 3 atom stereocenters. The Balaban J connectivity index is 1.83. The third kappa shape index (κ3) is 5.50. The molecule has 0 saturated heterocycles. The second kappa shape index (κ2) is 7.33. The Hall–Kier alpha value is -1.27. The lowest BCUT2D eigenvalue weighted by Crippen LogP contribution is -2.30. The van der Waals surface area contributed by atoms with Gasteiger partial charge in [0.25, 0.3) is 0 Å². The van der Waals surface area contributed by atoms with E-state index in [2.05, 4.69) is 10.1 Å². The van der Waals surface area contributed by atoms with E-state index in [4.69, 9.17) is 0 Å². The number of nitrogens with one attached hydrogen (secondary N) is 1. The fraction of sp³-hybridized carbons (Fsp3) is 0.625. The van der Waals surface area contributed by atoms with Crippen LogP contribution in [0.4, 0.5) is 13.2 Å². The monoisotopic (exact) mass is 317 g/mol. The molecule has 22 heavy (non-hydrogen) atoms. The number of rotatable bonds is 5. The highest BCUT2D eigenvalue weighted by Gasteiger charge is 2.31. The van der Waals surface area contributed by atoms with Crippen LogP contribution in [0.15, 0.2) is 24.3 Å². The molecule has 1 fully saturated rings. The van der Waals surface area contributed by atoms with E-state index in [0.717, 1.165) is 37.8 Å². The van der Waals surface area contributed by atoms with Crippen molar-refractivity contribution in [3.8, 4) is 5.75 Å². The molecule has 1 aliphatic rings. The molecule has 0 aromatic heterocycles. The van der Waals surface area contributed by atoms with Crippen molar-refractivity contribution in [2.75, 3.05) is 6.54 Å². The SMILES string of the molecule is CC(NCC1CCCC(O)C1)c1ccc(OC(F)(F)F)cc1. The van der Waals surface area contributed by atoms with Crippen molar-refractivity contribution in [3.63, 3.8) is 0 Å². The molecule has 1 aromatic carbocycles. The minimum absolute atomic E-state index is 0.0407. The maximum atomic E-state index is 12.1. The summed E-state index contributed by atoms with van der Waals surface area (Å²) >= 11 is 0. The van der Waals surface area contributed by atoms with Gasteiger partial charge in [-0.2, -0.15) is 0 Å². The summed E-state index contributed by atoms with van der Waals surface area (Å²) < 4.78 is 40.2. The van der Waals surface area contributed by atoms with Crippen LogP contribution in [0.2, 0.25) is 0 Å². The zero-order chi connectivity index (χ0) is 16.2. The van der Waals surface area contributed by atoms with E-state index in [-0.39, 0.29) is 17.9 Å². The molecular weight excluding hydrogens is 295 g/mol. The molecule has 0 heterocycles. The van der Waals surface area contributed by atoms with Crippen molar-refractivity contribution < 1.29 is 23.0 Å². The Morgan fingerprint density at radius 1 is 1.27 bits per heavy atom. The van der Waals surface area contributed by atoms with Gasteiger partial charge in [0.2, 0.25) is 0 Å². The number of halogens is 3. The summed E-state index contributed by atoms with van der Waals surface area (Å²) in [6.45, 7) is 2.78. The Kier molecular flexibility index (Phi) is 5.69. The third-order valence-electron chi connectivity index (χ3n) is 4.08. The van der Waals surface area contributed by atoms with Crippen LogP contribution < -0.4 is 10.1 Å². The van der Waals surface area contributed by atoms with Gasteiger partial charge in [0.05, 0.1) is 6.10 Å². The number of alkyl halides is 3. The normalized spacial score (nSPS) is 24.0. The molecule has 2 rings (SSSR count). The second-order valence-electron chi connectivity index (χ2n) is 5.93. The standard InChI is InChI=1S/C16H22F3NO2/c1-11(20-10-12-3-2-4-14(21)9-12)13-5-7-15(8-6-13)22-16(17,18)19/h5-8,11-12,14,20-21H,2-4,9-10H2,1H3. The summed E-state index contributed by atoms with van der Waals surface area (Å²) in [4.78, 5) is 0. The average molecular weight is 317 g/mol. The maximum Gasteiger partial charge on any atom is 0.573 e. The molecule has 0 amide bonds.